The van der Waals surface area contributed by atoms with Gasteiger partial charge in [-0.05, 0) is 60.8 Å². The molecule has 218 valence electrons. The van der Waals surface area contributed by atoms with E-state index in [1.54, 1.807) is 28.9 Å². The fourth-order valence-corrected chi connectivity index (χ4v) is 9.01. The van der Waals surface area contributed by atoms with Crippen LogP contribution in [0.5, 0.6) is 0 Å². The van der Waals surface area contributed by atoms with E-state index >= 15 is 0 Å². The predicted molar refractivity (Wildman–Crippen MR) is 169 cm³/mol. The molecule has 11 heteroatoms. The van der Waals surface area contributed by atoms with E-state index in [1.807, 2.05) is 48.5 Å². The van der Waals surface area contributed by atoms with Gasteiger partial charge in [0.25, 0.3) is 5.91 Å². The van der Waals surface area contributed by atoms with Crippen molar-refractivity contribution in [3.8, 4) is 0 Å². The number of halogens is 2. The summed E-state index contributed by atoms with van der Waals surface area (Å²) < 4.78 is 26.8. The molecule has 1 saturated heterocycles. The van der Waals surface area contributed by atoms with Crippen LogP contribution in [-0.4, -0.2) is 50.8 Å². The van der Waals surface area contributed by atoms with Crippen LogP contribution in [0.25, 0.3) is 0 Å². The van der Waals surface area contributed by atoms with E-state index in [0.29, 0.717) is 48.3 Å². The van der Waals surface area contributed by atoms with Gasteiger partial charge in [-0.3, -0.25) is 15.2 Å². The summed E-state index contributed by atoms with van der Waals surface area (Å²) in [5.74, 6) is 0.934. The highest BCUT2D eigenvalue weighted by atomic mass is 35.5. The molecule has 2 aliphatic rings. The molecular weight excluding hydrogens is 599 g/mol. The third-order valence-corrected chi connectivity index (χ3v) is 11.1. The lowest BCUT2D eigenvalue weighted by Crippen LogP contribution is -2.61. The van der Waals surface area contributed by atoms with Crippen LogP contribution in [0.2, 0.25) is 10.0 Å². The first-order chi connectivity index (χ1) is 19.7. The number of rotatable bonds is 10. The molecule has 0 aliphatic carbocycles. The van der Waals surface area contributed by atoms with Crippen molar-refractivity contribution in [3.05, 3.63) is 99.5 Å². The van der Waals surface area contributed by atoms with Crippen LogP contribution in [0, 0.1) is 0 Å². The molecule has 0 bridgehead atoms. The molecule has 2 unspecified atom stereocenters. The van der Waals surface area contributed by atoms with Crippen molar-refractivity contribution >= 4 is 56.4 Å². The lowest BCUT2D eigenvalue weighted by molar-refractivity contribution is -0.122. The molecule has 2 heterocycles. The van der Waals surface area contributed by atoms with E-state index in [1.165, 1.54) is 11.8 Å². The molecule has 3 aromatic carbocycles. The third-order valence-electron chi connectivity index (χ3n) is 7.79. The van der Waals surface area contributed by atoms with Gasteiger partial charge in [0.2, 0.25) is 0 Å². The van der Waals surface area contributed by atoms with Crippen molar-refractivity contribution in [2.24, 2.45) is 0 Å². The Labute approximate surface area is 256 Å². The number of thioether (sulfide) groups is 1. The molecule has 2 aliphatic heterocycles. The Morgan fingerprint density at radius 1 is 1.02 bits per heavy atom. The number of nitrogens with one attached hydrogen (secondary N) is 3. The summed E-state index contributed by atoms with van der Waals surface area (Å²) in [6, 6.07) is 22.6. The first-order valence-corrected chi connectivity index (χ1v) is 17.4. The Morgan fingerprint density at radius 2 is 1.73 bits per heavy atom. The van der Waals surface area contributed by atoms with Crippen molar-refractivity contribution in [3.63, 3.8) is 0 Å². The van der Waals surface area contributed by atoms with Crippen LogP contribution < -0.4 is 21.1 Å². The zero-order valence-electron chi connectivity index (χ0n) is 22.8. The van der Waals surface area contributed by atoms with Crippen LogP contribution in [0.1, 0.15) is 29.5 Å². The minimum atomic E-state index is -3.59. The number of carbonyl (C=O) groups excluding carboxylic acids is 1. The zero-order valence-corrected chi connectivity index (χ0v) is 25.9. The largest absolute Gasteiger partial charge is 0.317 e. The van der Waals surface area contributed by atoms with E-state index in [-0.39, 0.29) is 5.91 Å². The van der Waals surface area contributed by atoms with Gasteiger partial charge in [-0.15, -0.1) is 0 Å². The van der Waals surface area contributed by atoms with Crippen molar-refractivity contribution in [1.29, 1.82) is 0 Å². The maximum Gasteiger partial charge on any atom is 0.256 e. The smallest absolute Gasteiger partial charge is 0.256 e. The summed E-state index contributed by atoms with van der Waals surface area (Å²) in [5, 5.41) is 8.35. The van der Waals surface area contributed by atoms with E-state index < -0.39 is 26.7 Å². The molecular formula is C30H34Cl2N4O3S2. The van der Waals surface area contributed by atoms with Gasteiger partial charge in [0.05, 0.1) is 21.8 Å². The molecule has 1 amide bonds. The number of benzene rings is 3. The number of amides is 1. The lowest BCUT2D eigenvalue weighted by atomic mass is 9.74. The van der Waals surface area contributed by atoms with E-state index in [9.17, 15) is 13.2 Å². The van der Waals surface area contributed by atoms with E-state index in [0.717, 1.165) is 22.6 Å². The minimum Gasteiger partial charge on any atom is -0.317 e. The van der Waals surface area contributed by atoms with E-state index in [2.05, 4.69) is 28.2 Å². The maximum atomic E-state index is 14.0. The average Bonchev–Trinajstić information content (AvgIpc) is 3.22. The highest BCUT2D eigenvalue weighted by Gasteiger charge is 2.56. The van der Waals surface area contributed by atoms with Gasteiger partial charge in [-0.1, -0.05) is 77.8 Å². The lowest BCUT2D eigenvalue weighted by Gasteiger charge is -2.41. The number of hydrogen-bond donors (Lipinski definition) is 3. The molecule has 1 fully saturated rings. The zero-order chi connectivity index (χ0) is 29.0. The second kappa shape index (κ2) is 12.9. The van der Waals surface area contributed by atoms with Crippen molar-refractivity contribution in [2.75, 3.05) is 30.1 Å². The Hall–Kier alpha value is -2.27. The monoisotopic (exact) mass is 632 g/mol. The first-order valence-electron chi connectivity index (χ1n) is 13.6. The quantitative estimate of drug-likeness (QED) is 0.292. The van der Waals surface area contributed by atoms with Gasteiger partial charge < -0.3 is 10.6 Å². The van der Waals surface area contributed by atoms with Gasteiger partial charge in [0.1, 0.15) is 0 Å². The number of sulfone groups is 1. The highest BCUT2D eigenvalue weighted by Crippen LogP contribution is 2.51. The fourth-order valence-electron chi connectivity index (χ4n) is 5.90. The predicted octanol–water partition coefficient (Wildman–Crippen LogP) is 4.93. The summed E-state index contributed by atoms with van der Waals surface area (Å²) in [6.45, 7) is 1.82. The molecule has 0 radical (unpaired) electrons. The first kappa shape index (κ1) is 30.2. The standard InChI is InChI=1S/C30H34Cl2N4O3S2/c1-41(38,39)29-30(13-15-33-16-14-30)23-9-5-6-10-27(23)36(29)35-28(37)26(20-40-19-21-7-3-2-4-8-21)34-18-22-11-12-24(31)25(32)17-22/h2-12,17,26,29,33-34H,13-16,18-20H2,1H3,(H,35,37). The molecule has 1 spiro atoms. The molecule has 2 atom stereocenters. The van der Waals surface area contributed by atoms with Crippen molar-refractivity contribution < 1.29 is 13.2 Å². The second-order valence-corrected chi connectivity index (χ2v) is 14.6. The van der Waals surface area contributed by atoms with Crippen LogP contribution in [0.4, 0.5) is 5.69 Å². The second-order valence-electron chi connectivity index (χ2n) is 10.6. The van der Waals surface area contributed by atoms with Crippen LogP contribution >= 0.6 is 35.0 Å². The van der Waals surface area contributed by atoms with Crippen LogP contribution in [0.15, 0.2) is 72.8 Å². The Kier molecular flexibility index (Phi) is 9.53. The number of para-hydroxylation sites is 1. The summed E-state index contributed by atoms with van der Waals surface area (Å²) in [6.07, 6.45) is 2.60. The molecule has 3 aromatic rings. The number of piperidine rings is 1. The van der Waals surface area contributed by atoms with Gasteiger partial charge >= 0.3 is 0 Å². The summed E-state index contributed by atoms with van der Waals surface area (Å²) in [5.41, 5.74) is 6.19. The summed E-state index contributed by atoms with van der Waals surface area (Å²) >= 11 is 14.0. The van der Waals surface area contributed by atoms with Gasteiger partial charge in [0.15, 0.2) is 15.2 Å². The van der Waals surface area contributed by atoms with Gasteiger partial charge in [0, 0.05) is 29.7 Å². The normalized spacial score (nSPS) is 18.7. The van der Waals surface area contributed by atoms with Crippen molar-refractivity contribution in [2.45, 2.75) is 42.0 Å². The topological polar surface area (TPSA) is 90.5 Å². The Balaban J connectivity index is 1.40. The summed E-state index contributed by atoms with van der Waals surface area (Å²) in [4.78, 5) is 14.0. The third kappa shape index (κ3) is 6.71. The Bertz CT molecular complexity index is 1480. The summed E-state index contributed by atoms with van der Waals surface area (Å²) in [7, 11) is -3.59. The number of hydrazine groups is 1. The number of nitrogens with zero attached hydrogens (tertiary/aromatic N) is 1. The number of hydrogen-bond acceptors (Lipinski definition) is 7. The Morgan fingerprint density at radius 3 is 2.44 bits per heavy atom. The molecule has 41 heavy (non-hydrogen) atoms. The molecule has 5 rings (SSSR count). The molecule has 3 N–H and O–H groups in total. The van der Waals surface area contributed by atoms with Gasteiger partial charge in [-0.25, -0.2) is 8.42 Å². The van der Waals surface area contributed by atoms with E-state index in [4.69, 9.17) is 23.2 Å². The average molecular weight is 634 g/mol. The molecule has 7 nitrogen and oxygen atoms in total. The van der Waals surface area contributed by atoms with Gasteiger partial charge in [-0.2, -0.15) is 11.8 Å². The minimum absolute atomic E-state index is 0.292. The fraction of sp³-hybridized carbons (Fsp3) is 0.367. The SMILES string of the molecule is CS(=O)(=O)C1N(NC(=O)C(CSCc2ccccc2)NCc2ccc(Cl)c(Cl)c2)c2ccccc2C12CCNCC2. The number of carbonyl (C=O) groups is 1. The van der Waals surface area contributed by atoms with Crippen LogP contribution in [-0.2, 0) is 32.3 Å². The molecule has 0 aromatic heterocycles. The number of fused-ring (bicyclic) bond motifs is 2. The number of anilines is 1. The van der Waals surface area contributed by atoms with Crippen molar-refractivity contribution in [1.82, 2.24) is 16.1 Å². The molecule has 0 saturated carbocycles. The highest BCUT2D eigenvalue weighted by molar-refractivity contribution is 7.98. The maximum absolute atomic E-state index is 14.0. The van der Waals surface area contributed by atoms with Crippen LogP contribution in [0.3, 0.4) is 0 Å².